The van der Waals surface area contributed by atoms with Crippen LogP contribution in [0.4, 0.5) is 0 Å². The van der Waals surface area contributed by atoms with Gasteiger partial charge in [0.25, 0.3) is 5.91 Å². The Kier molecular flexibility index (Phi) is 5.45. The molecule has 134 valence electrons. The Bertz CT molecular complexity index is 704. The summed E-state index contributed by atoms with van der Waals surface area (Å²) < 4.78 is 1.68. The lowest BCUT2D eigenvalue weighted by Gasteiger charge is -2.38. The Balaban J connectivity index is 1.68. The van der Waals surface area contributed by atoms with Gasteiger partial charge in [-0.3, -0.25) is 9.69 Å². The number of nitrogens with zero attached hydrogens (tertiary/aromatic N) is 5. The fourth-order valence-electron chi connectivity index (χ4n) is 3.34. The van der Waals surface area contributed by atoms with E-state index < -0.39 is 0 Å². The van der Waals surface area contributed by atoms with Gasteiger partial charge in [-0.05, 0) is 37.1 Å². The maximum atomic E-state index is 12.9. The first-order chi connectivity index (χ1) is 12.1. The number of aliphatic hydroxyl groups excluding tert-OH is 1. The number of carbonyl (C=O) groups is 1. The van der Waals surface area contributed by atoms with Gasteiger partial charge in [0.1, 0.15) is 12.7 Å². The summed E-state index contributed by atoms with van der Waals surface area (Å²) >= 11 is 0. The minimum absolute atomic E-state index is 0.0688. The molecule has 0 spiro atoms. The first kappa shape index (κ1) is 17.6. The molecule has 1 amide bonds. The normalized spacial score (nSPS) is 16.8. The van der Waals surface area contributed by atoms with Crippen molar-refractivity contribution in [1.29, 1.82) is 0 Å². The van der Waals surface area contributed by atoms with Gasteiger partial charge in [0.15, 0.2) is 0 Å². The molecule has 1 unspecified atom stereocenters. The van der Waals surface area contributed by atoms with Crippen LogP contribution in [0.25, 0.3) is 5.69 Å². The summed E-state index contributed by atoms with van der Waals surface area (Å²) in [6.07, 6.45) is 4.05. The molecule has 7 nitrogen and oxygen atoms in total. The third-order valence-corrected chi connectivity index (χ3v) is 4.92. The lowest BCUT2D eigenvalue weighted by Crippen LogP contribution is -2.52. The molecular weight excluding hydrogens is 318 g/mol. The topological polar surface area (TPSA) is 74.5 Å². The highest BCUT2D eigenvalue weighted by atomic mass is 16.3. The first-order valence-corrected chi connectivity index (χ1v) is 8.74. The van der Waals surface area contributed by atoms with Crippen LogP contribution in [-0.2, 0) is 0 Å². The van der Waals surface area contributed by atoms with Crippen LogP contribution in [0.2, 0.25) is 0 Å². The number of piperazine rings is 1. The van der Waals surface area contributed by atoms with Crippen LogP contribution < -0.4 is 0 Å². The number of aromatic nitrogens is 3. The van der Waals surface area contributed by atoms with Crippen molar-refractivity contribution in [3.05, 3.63) is 42.0 Å². The monoisotopic (exact) mass is 343 g/mol. The molecule has 1 aromatic carbocycles. The summed E-state index contributed by atoms with van der Waals surface area (Å²) in [5, 5.41) is 13.6. The number of benzene rings is 1. The third-order valence-electron chi connectivity index (χ3n) is 4.92. The van der Waals surface area contributed by atoms with Crippen molar-refractivity contribution in [3.63, 3.8) is 0 Å². The van der Waals surface area contributed by atoms with E-state index >= 15 is 0 Å². The summed E-state index contributed by atoms with van der Waals surface area (Å²) in [6, 6.07) is 5.91. The fraction of sp³-hybridized carbons (Fsp3) is 0.500. The predicted molar refractivity (Wildman–Crippen MR) is 94.7 cm³/mol. The summed E-state index contributed by atoms with van der Waals surface area (Å²) in [5.74, 6) is 0.0688. The van der Waals surface area contributed by atoms with Gasteiger partial charge in [-0.15, -0.1) is 0 Å². The van der Waals surface area contributed by atoms with Crippen molar-refractivity contribution < 1.29 is 9.90 Å². The molecule has 7 heteroatoms. The van der Waals surface area contributed by atoms with Crippen LogP contribution in [0.3, 0.4) is 0 Å². The molecule has 1 fully saturated rings. The van der Waals surface area contributed by atoms with Crippen molar-refractivity contribution in [2.24, 2.45) is 0 Å². The van der Waals surface area contributed by atoms with Gasteiger partial charge in [0, 0.05) is 37.8 Å². The molecule has 1 aromatic heterocycles. The first-order valence-electron chi connectivity index (χ1n) is 8.74. The van der Waals surface area contributed by atoms with Crippen LogP contribution in [0, 0.1) is 6.92 Å². The molecule has 1 saturated heterocycles. The van der Waals surface area contributed by atoms with Crippen molar-refractivity contribution in [3.8, 4) is 5.69 Å². The second kappa shape index (κ2) is 7.76. The summed E-state index contributed by atoms with van der Waals surface area (Å²) in [7, 11) is 0. The SMILES string of the molecule is CCC(CO)N1CCN(C(=O)c2ccc(-n3cncn3)cc2C)CC1. The highest BCUT2D eigenvalue weighted by Crippen LogP contribution is 2.18. The number of aliphatic hydroxyl groups is 1. The van der Waals surface area contributed by atoms with Gasteiger partial charge in [0.05, 0.1) is 12.3 Å². The molecule has 25 heavy (non-hydrogen) atoms. The summed E-state index contributed by atoms with van der Waals surface area (Å²) in [6.45, 7) is 7.20. The van der Waals surface area contributed by atoms with Gasteiger partial charge < -0.3 is 10.0 Å². The molecule has 3 rings (SSSR count). The van der Waals surface area contributed by atoms with Crippen LogP contribution in [0.1, 0.15) is 29.3 Å². The lowest BCUT2D eigenvalue weighted by atomic mass is 10.1. The number of hydrogen-bond donors (Lipinski definition) is 1. The Morgan fingerprint density at radius 3 is 2.60 bits per heavy atom. The van der Waals surface area contributed by atoms with Crippen LogP contribution >= 0.6 is 0 Å². The minimum atomic E-state index is 0.0688. The molecule has 0 radical (unpaired) electrons. The Labute approximate surface area is 147 Å². The smallest absolute Gasteiger partial charge is 0.254 e. The molecule has 0 bridgehead atoms. The van der Waals surface area contributed by atoms with E-state index in [0.29, 0.717) is 13.1 Å². The van der Waals surface area contributed by atoms with Gasteiger partial charge in [0.2, 0.25) is 0 Å². The van der Waals surface area contributed by atoms with Crippen molar-refractivity contribution in [2.75, 3.05) is 32.8 Å². The number of rotatable bonds is 5. The van der Waals surface area contributed by atoms with E-state index in [-0.39, 0.29) is 18.6 Å². The van der Waals surface area contributed by atoms with Gasteiger partial charge in [-0.25, -0.2) is 9.67 Å². The number of carbonyl (C=O) groups excluding carboxylic acids is 1. The average molecular weight is 343 g/mol. The van der Waals surface area contributed by atoms with Crippen LogP contribution in [-0.4, -0.2) is 74.4 Å². The maximum Gasteiger partial charge on any atom is 0.254 e. The van der Waals surface area contributed by atoms with Crippen molar-refractivity contribution >= 4 is 5.91 Å². The third kappa shape index (κ3) is 3.72. The molecule has 1 N–H and O–H groups in total. The summed E-state index contributed by atoms with van der Waals surface area (Å²) in [4.78, 5) is 21.0. The van der Waals surface area contributed by atoms with E-state index in [1.807, 2.05) is 30.0 Å². The van der Waals surface area contributed by atoms with Crippen molar-refractivity contribution in [2.45, 2.75) is 26.3 Å². The minimum Gasteiger partial charge on any atom is -0.395 e. The van der Waals surface area contributed by atoms with E-state index in [2.05, 4.69) is 21.9 Å². The fourth-order valence-corrected chi connectivity index (χ4v) is 3.34. The van der Waals surface area contributed by atoms with E-state index in [4.69, 9.17) is 0 Å². The molecule has 1 atom stereocenters. The van der Waals surface area contributed by atoms with Gasteiger partial charge in [-0.2, -0.15) is 5.10 Å². The van der Waals surface area contributed by atoms with E-state index in [0.717, 1.165) is 36.3 Å². The molecule has 0 aliphatic carbocycles. The highest BCUT2D eigenvalue weighted by molar-refractivity contribution is 5.96. The molecule has 2 aromatic rings. The number of hydrogen-bond acceptors (Lipinski definition) is 5. The molecule has 1 aliphatic rings. The Hall–Kier alpha value is -2.25. The quantitative estimate of drug-likeness (QED) is 0.880. The number of aryl methyl sites for hydroxylation is 1. The van der Waals surface area contributed by atoms with Crippen molar-refractivity contribution in [1.82, 2.24) is 24.6 Å². The highest BCUT2D eigenvalue weighted by Gasteiger charge is 2.26. The molecule has 1 aliphatic heterocycles. The largest absolute Gasteiger partial charge is 0.395 e. The second-order valence-corrected chi connectivity index (χ2v) is 6.41. The average Bonchev–Trinajstić information content (AvgIpc) is 3.17. The zero-order chi connectivity index (χ0) is 17.8. The standard InChI is InChI=1S/C18H25N5O2/c1-3-15(11-24)21-6-8-22(9-7-21)18(25)17-5-4-16(10-14(17)2)23-13-19-12-20-23/h4-5,10,12-13,15,24H,3,6-9,11H2,1-2H3. The second-order valence-electron chi connectivity index (χ2n) is 6.41. The van der Waals surface area contributed by atoms with Crippen LogP contribution in [0.5, 0.6) is 0 Å². The van der Waals surface area contributed by atoms with Gasteiger partial charge >= 0.3 is 0 Å². The predicted octanol–water partition coefficient (Wildman–Crippen LogP) is 1.10. The Morgan fingerprint density at radius 1 is 1.28 bits per heavy atom. The molecule has 2 heterocycles. The van der Waals surface area contributed by atoms with E-state index in [1.54, 1.807) is 11.0 Å². The number of amides is 1. The zero-order valence-electron chi connectivity index (χ0n) is 14.8. The maximum absolute atomic E-state index is 12.9. The van der Waals surface area contributed by atoms with E-state index in [9.17, 15) is 9.90 Å². The molecular formula is C18H25N5O2. The van der Waals surface area contributed by atoms with Crippen LogP contribution in [0.15, 0.2) is 30.9 Å². The Morgan fingerprint density at radius 2 is 2.04 bits per heavy atom. The molecule has 0 saturated carbocycles. The lowest BCUT2D eigenvalue weighted by molar-refractivity contribution is 0.0472. The van der Waals surface area contributed by atoms with Gasteiger partial charge in [-0.1, -0.05) is 6.92 Å². The summed E-state index contributed by atoms with van der Waals surface area (Å²) in [5.41, 5.74) is 2.55. The zero-order valence-corrected chi connectivity index (χ0v) is 14.8. The van der Waals surface area contributed by atoms with E-state index in [1.165, 1.54) is 6.33 Å².